The number of amides is 2. The van der Waals surface area contributed by atoms with Gasteiger partial charge in [0.15, 0.2) is 0 Å². The normalized spacial score (nSPS) is 15.4. The molecule has 5 heteroatoms. The first-order valence-electron chi connectivity index (χ1n) is 13.4. The topological polar surface area (TPSA) is 54.3 Å². The van der Waals surface area contributed by atoms with E-state index in [4.69, 9.17) is 0 Å². The average molecular weight is 514 g/mol. The Bertz CT molecular complexity index is 1650. The van der Waals surface area contributed by atoms with E-state index in [1.165, 1.54) is 5.52 Å². The summed E-state index contributed by atoms with van der Waals surface area (Å²) in [5, 5.41) is 5.37. The number of nitrogens with one attached hydrogen (secondary N) is 1. The lowest BCUT2D eigenvalue weighted by Crippen LogP contribution is -2.45. The number of aryl methyl sites for hydroxylation is 1. The van der Waals surface area contributed by atoms with Gasteiger partial charge in [-0.05, 0) is 48.7 Å². The lowest BCUT2D eigenvalue weighted by atomic mass is 9.90. The third-order valence-electron chi connectivity index (χ3n) is 7.71. The van der Waals surface area contributed by atoms with E-state index in [2.05, 4.69) is 41.6 Å². The summed E-state index contributed by atoms with van der Waals surface area (Å²) in [4.78, 5) is 29.5. The number of nitrogens with zero attached hydrogens (tertiary/aromatic N) is 2. The van der Waals surface area contributed by atoms with E-state index in [1.54, 1.807) is 4.90 Å². The zero-order chi connectivity index (χ0) is 26.9. The van der Waals surface area contributed by atoms with Crippen LogP contribution in [0.4, 0.5) is 5.69 Å². The predicted molar refractivity (Wildman–Crippen MR) is 158 cm³/mol. The van der Waals surface area contributed by atoms with Crippen molar-refractivity contribution in [2.24, 2.45) is 0 Å². The van der Waals surface area contributed by atoms with Gasteiger partial charge in [0.05, 0.1) is 5.92 Å². The minimum Gasteiger partial charge on any atom is -0.341 e. The summed E-state index contributed by atoms with van der Waals surface area (Å²) >= 11 is 0. The number of carbonyl (C=O) groups excluding carboxylic acids is 2. The lowest BCUT2D eigenvalue weighted by Gasteiger charge is -2.28. The number of fused-ring (bicyclic) bond motifs is 3. The van der Waals surface area contributed by atoms with Crippen LogP contribution >= 0.6 is 0 Å². The second-order valence-corrected chi connectivity index (χ2v) is 10.2. The number of anilines is 1. The summed E-state index contributed by atoms with van der Waals surface area (Å²) in [5.74, 6) is -0.779. The van der Waals surface area contributed by atoms with Crippen molar-refractivity contribution in [1.29, 1.82) is 0 Å². The molecule has 0 saturated carbocycles. The van der Waals surface area contributed by atoms with Crippen molar-refractivity contribution in [2.45, 2.75) is 31.8 Å². The molecule has 5 nitrogen and oxygen atoms in total. The Hall–Kier alpha value is -4.64. The highest BCUT2D eigenvalue weighted by Gasteiger charge is 2.39. The maximum atomic E-state index is 14.1. The summed E-state index contributed by atoms with van der Waals surface area (Å²) in [6.45, 7) is 7.51. The SMILES string of the molecule is C=C1C[C@@H](C(=O)Nc2ccc3c(c2)c2ccccc2n3CC)N(C(=O)C(c2ccccc2)c2ccccc2)C1. The third-order valence-corrected chi connectivity index (χ3v) is 7.71. The third kappa shape index (κ3) is 4.50. The van der Waals surface area contributed by atoms with Crippen molar-refractivity contribution in [3.63, 3.8) is 0 Å². The van der Waals surface area contributed by atoms with Crippen LogP contribution in [0.25, 0.3) is 21.8 Å². The Labute approximate surface area is 228 Å². The molecule has 1 aliphatic heterocycles. The van der Waals surface area contributed by atoms with Crippen LogP contribution in [0.2, 0.25) is 0 Å². The number of carbonyl (C=O) groups is 2. The van der Waals surface area contributed by atoms with Gasteiger partial charge in [0.25, 0.3) is 0 Å². The van der Waals surface area contributed by atoms with E-state index >= 15 is 0 Å². The first-order valence-corrected chi connectivity index (χ1v) is 13.4. The zero-order valence-electron chi connectivity index (χ0n) is 22.0. The quantitative estimate of drug-likeness (QED) is 0.256. The van der Waals surface area contributed by atoms with Crippen molar-refractivity contribution < 1.29 is 9.59 Å². The van der Waals surface area contributed by atoms with Crippen LogP contribution < -0.4 is 5.32 Å². The van der Waals surface area contributed by atoms with Gasteiger partial charge >= 0.3 is 0 Å². The summed E-state index contributed by atoms with van der Waals surface area (Å²) in [6.07, 6.45) is 0.450. The highest BCUT2D eigenvalue weighted by molar-refractivity contribution is 6.10. The van der Waals surface area contributed by atoms with Crippen molar-refractivity contribution in [3.8, 4) is 0 Å². The van der Waals surface area contributed by atoms with E-state index in [1.807, 2.05) is 84.9 Å². The van der Waals surface area contributed by atoms with Crippen molar-refractivity contribution in [2.75, 3.05) is 11.9 Å². The largest absolute Gasteiger partial charge is 0.341 e. The van der Waals surface area contributed by atoms with E-state index < -0.39 is 12.0 Å². The maximum Gasteiger partial charge on any atom is 0.247 e. The fraction of sp³-hybridized carbons (Fsp3) is 0.176. The molecule has 1 aromatic heterocycles. The monoisotopic (exact) mass is 513 g/mol. The predicted octanol–water partition coefficient (Wildman–Crippen LogP) is 6.74. The van der Waals surface area contributed by atoms with Gasteiger partial charge in [-0.1, -0.05) is 91.0 Å². The first kappa shape index (κ1) is 24.7. The summed E-state index contributed by atoms with van der Waals surface area (Å²) in [5.41, 5.74) is 5.72. The molecular formula is C34H31N3O2. The smallest absolute Gasteiger partial charge is 0.247 e. The molecule has 1 aliphatic rings. The van der Waals surface area contributed by atoms with Crippen LogP contribution in [0.1, 0.15) is 30.4 Å². The van der Waals surface area contributed by atoms with Crippen LogP contribution in [0.5, 0.6) is 0 Å². The molecule has 194 valence electrons. The standard InChI is InChI=1S/C34H31N3O2/c1-3-36-29-17-11-10-16-27(29)28-21-26(18-19-30(28)36)35-33(38)31-20-23(2)22-37(31)34(39)32(24-12-6-4-7-13-24)25-14-8-5-9-15-25/h4-19,21,31-32H,2-3,20,22H2,1H3,(H,35,38)/t31-/m0/s1. The molecule has 1 atom stereocenters. The minimum atomic E-state index is -0.618. The molecule has 1 N–H and O–H groups in total. The van der Waals surface area contributed by atoms with Crippen LogP contribution in [-0.2, 0) is 16.1 Å². The van der Waals surface area contributed by atoms with E-state index in [9.17, 15) is 9.59 Å². The molecule has 6 rings (SSSR count). The Morgan fingerprint density at radius 2 is 1.46 bits per heavy atom. The number of benzene rings is 4. The minimum absolute atomic E-state index is 0.0901. The Morgan fingerprint density at radius 3 is 2.13 bits per heavy atom. The van der Waals surface area contributed by atoms with Gasteiger partial charge in [-0.2, -0.15) is 0 Å². The van der Waals surface area contributed by atoms with Crippen molar-refractivity contribution in [3.05, 3.63) is 126 Å². The van der Waals surface area contributed by atoms with Crippen LogP contribution in [0, 0.1) is 0 Å². The number of rotatable bonds is 6. The molecule has 0 aliphatic carbocycles. The molecular weight excluding hydrogens is 482 g/mol. The second kappa shape index (κ2) is 10.3. The molecule has 39 heavy (non-hydrogen) atoms. The van der Waals surface area contributed by atoms with Gasteiger partial charge in [0, 0.05) is 40.6 Å². The fourth-order valence-corrected chi connectivity index (χ4v) is 5.90. The molecule has 5 aromatic rings. The Morgan fingerprint density at radius 1 is 0.846 bits per heavy atom. The van der Waals surface area contributed by atoms with Gasteiger partial charge in [-0.3, -0.25) is 9.59 Å². The molecule has 2 heterocycles. The number of aromatic nitrogens is 1. The number of para-hydroxylation sites is 1. The van der Waals surface area contributed by atoms with E-state index in [-0.39, 0.29) is 11.8 Å². The summed E-state index contributed by atoms with van der Waals surface area (Å²) < 4.78 is 2.28. The molecule has 4 aromatic carbocycles. The van der Waals surface area contributed by atoms with Crippen molar-refractivity contribution in [1.82, 2.24) is 9.47 Å². The lowest BCUT2D eigenvalue weighted by molar-refractivity contribution is -0.137. The molecule has 0 unspecified atom stereocenters. The molecule has 0 spiro atoms. The summed E-state index contributed by atoms with van der Waals surface area (Å²) in [7, 11) is 0. The van der Waals surface area contributed by atoms with Crippen molar-refractivity contribution >= 4 is 39.3 Å². The fourth-order valence-electron chi connectivity index (χ4n) is 5.90. The van der Waals surface area contributed by atoms with Crippen LogP contribution in [0.15, 0.2) is 115 Å². The molecule has 0 bridgehead atoms. The van der Waals surface area contributed by atoms with Gasteiger partial charge in [-0.15, -0.1) is 0 Å². The number of hydrogen-bond donors (Lipinski definition) is 1. The van der Waals surface area contributed by atoms with Crippen LogP contribution in [-0.4, -0.2) is 33.9 Å². The molecule has 1 fully saturated rings. The van der Waals surface area contributed by atoms with Gasteiger partial charge in [-0.25, -0.2) is 0 Å². The first-order chi connectivity index (χ1) is 19.0. The Balaban J connectivity index is 1.31. The number of hydrogen-bond acceptors (Lipinski definition) is 2. The average Bonchev–Trinajstić information content (AvgIpc) is 3.52. The van der Waals surface area contributed by atoms with Gasteiger partial charge < -0.3 is 14.8 Å². The van der Waals surface area contributed by atoms with Gasteiger partial charge in [0.1, 0.15) is 6.04 Å². The summed E-state index contributed by atoms with van der Waals surface area (Å²) in [6, 6.07) is 33.3. The van der Waals surface area contributed by atoms with Gasteiger partial charge in [0.2, 0.25) is 11.8 Å². The molecule has 1 saturated heterocycles. The molecule has 2 amide bonds. The van der Waals surface area contributed by atoms with Crippen LogP contribution in [0.3, 0.4) is 0 Å². The van der Waals surface area contributed by atoms with E-state index in [0.29, 0.717) is 13.0 Å². The Kier molecular flexibility index (Phi) is 6.49. The highest BCUT2D eigenvalue weighted by atomic mass is 16.2. The number of likely N-dealkylation sites (tertiary alicyclic amines) is 1. The molecule has 0 radical (unpaired) electrons. The van der Waals surface area contributed by atoms with E-state index in [0.717, 1.165) is 45.2 Å². The highest BCUT2D eigenvalue weighted by Crippen LogP contribution is 2.34. The maximum absolute atomic E-state index is 14.1. The zero-order valence-corrected chi connectivity index (χ0v) is 22.0. The second-order valence-electron chi connectivity index (χ2n) is 10.2.